The smallest absolute Gasteiger partial charge is 0.238 e. The van der Waals surface area contributed by atoms with Crippen molar-refractivity contribution in [1.29, 1.82) is 0 Å². The van der Waals surface area contributed by atoms with Crippen LogP contribution in [0.4, 0.5) is 0 Å². The SMILES string of the molecule is c1ccc(-c2nc(-c3ccccc3)nc(-n3c4ccccc4c4cc(-c5ccc6c(c5)C5=C(C6)c6cccc7cccc5c67)ccc43)n2)cc1. The first kappa shape index (κ1) is 27.3. The van der Waals surface area contributed by atoms with Crippen LogP contribution in [0.2, 0.25) is 0 Å². The van der Waals surface area contributed by atoms with Crippen molar-refractivity contribution >= 4 is 43.7 Å². The predicted molar refractivity (Wildman–Crippen MR) is 204 cm³/mol. The fourth-order valence-electron chi connectivity index (χ4n) is 8.19. The highest BCUT2D eigenvalue weighted by molar-refractivity contribution is 6.20. The normalized spacial score (nSPS) is 13.0. The molecule has 0 N–H and O–H groups in total. The van der Waals surface area contributed by atoms with E-state index < -0.39 is 0 Å². The number of rotatable bonds is 4. The molecule has 0 amide bonds. The molecule has 0 radical (unpaired) electrons. The average molecular weight is 637 g/mol. The lowest BCUT2D eigenvalue weighted by atomic mass is 9.93. The van der Waals surface area contributed by atoms with Gasteiger partial charge in [0.2, 0.25) is 5.95 Å². The van der Waals surface area contributed by atoms with Gasteiger partial charge in [-0.3, -0.25) is 4.57 Å². The van der Waals surface area contributed by atoms with Crippen LogP contribution in [0.1, 0.15) is 22.3 Å². The number of para-hydroxylation sites is 1. The Morgan fingerprint density at radius 3 is 1.84 bits per heavy atom. The van der Waals surface area contributed by atoms with E-state index in [1.807, 2.05) is 60.7 Å². The summed E-state index contributed by atoms with van der Waals surface area (Å²) in [7, 11) is 0. The van der Waals surface area contributed by atoms with Crippen molar-refractivity contribution in [2.45, 2.75) is 6.42 Å². The molecule has 4 nitrogen and oxygen atoms in total. The van der Waals surface area contributed by atoms with Crippen LogP contribution in [0.15, 0.2) is 158 Å². The summed E-state index contributed by atoms with van der Waals surface area (Å²) in [6, 6.07) is 56.1. The Labute approximate surface area is 288 Å². The minimum absolute atomic E-state index is 0.601. The molecule has 4 heteroatoms. The van der Waals surface area contributed by atoms with Gasteiger partial charge in [0.05, 0.1) is 11.0 Å². The molecule has 0 bridgehead atoms. The highest BCUT2D eigenvalue weighted by Crippen LogP contribution is 2.51. The lowest BCUT2D eigenvalue weighted by Gasteiger charge is -2.12. The molecule has 2 aliphatic rings. The van der Waals surface area contributed by atoms with Gasteiger partial charge in [-0.15, -0.1) is 0 Å². The van der Waals surface area contributed by atoms with Gasteiger partial charge >= 0.3 is 0 Å². The second-order valence-electron chi connectivity index (χ2n) is 13.2. The van der Waals surface area contributed by atoms with Crippen molar-refractivity contribution in [1.82, 2.24) is 19.5 Å². The Bertz CT molecular complexity index is 2820. The zero-order valence-corrected chi connectivity index (χ0v) is 27.0. The van der Waals surface area contributed by atoms with Gasteiger partial charge in [0.1, 0.15) is 0 Å². The highest BCUT2D eigenvalue weighted by Gasteiger charge is 2.31. The number of fused-ring (bicyclic) bond motifs is 7. The largest absolute Gasteiger partial charge is 0.278 e. The molecule has 11 rings (SSSR count). The number of hydrogen-bond acceptors (Lipinski definition) is 3. The highest BCUT2D eigenvalue weighted by atomic mass is 15.2. The quantitative estimate of drug-likeness (QED) is 0.193. The molecule has 0 atom stereocenters. The van der Waals surface area contributed by atoms with Crippen molar-refractivity contribution < 1.29 is 0 Å². The van der Waals surface area contributed by atoms with Crippen molar-refractivity contribution in [3.63, 3.8) is 0 Å². The summed E-state index contributed by atoms with van der Waals surface area (Å²) in [5.41, 5.74) is 14.8. The zero-order valence-electron chi connectivity index (χ0n) is 27.0. The lowest BCUT2D eigenvalue weighted by molar-refractivity contribution is 0.953. The fraction of sp³-hybridized carbons (Fsp3) is 0.0217. The van der Waals surface area contributed by atoms with Crippen LogP contribution in [0.5, 0.6) is 0 Å². The Morgan fingerprint density at radius 1 is 0.440 bits per heavy atom. The first-order valence-electron chi connectivity index (χ1n) is 17.1. The first-order chi connectivity index (χ1) is 24.8. The fourth-order valence-corrected chi connectivity index (χ4v) is 8.19. The van der Waals surface area contributed by atoms with Gasteiger partial charge in [-0.25, -0.2) is 4.98 Å². The Morgan fingerprint density at radius 2 is 1.08 bits per heavy atom. The summed E-state index contributed by atoms with van der Waals surface area (Å²) in [5, 5.41) is 5.05. The van der Waals surface area contributed by atoms with Crippen LogP contribution in [0.25, 0.3) is 83.6 Å². The van der Waals surface area contributed by atoms with E-state index in [1.54, 1.807) is 0 Å². The first-order valence-corrected chi connectivity index (χ1v) is 17.1. The third kappa shape index (κ3) is 3.96. The topological polar surface area (TPSA) is 43.6 Å². The van der Waals surface area contributed by atoms with Crippen molar-refractivity contribution in [3.05, 3.63) is 180 Å². The number of benzene rings is 7. The second kappa shape index (κ2) is 10.4. The summed E-state index contributed by atoms with van der Waals surface area (Å²) in [6.45, 7) is 0. The van der Waals surface area contributed by atoms with E-state index >= 15 is 0 Å². The molecule has 9 aromatic rings. The third-order valence-corrected chi connectivity index (χ3v) is 10.4. The minimum atomic E-state index is 0.601. The van der Waals surface area contributed by atoms with Gasteiger partial charge in [-0.2, -0.15) is 9.97 Å². The van der Waals surface area contributed by atoms with Crippen molar-refractivity contribution in [2.75, 3.05) is 0 Å². The van der Waals surface area contributed by atoms with Gasteiger partial charge in [0.25, 0.3) is 0 Å². The van der Waals surface area contributed by atoms with Gasteiger partial charge in [0.15, 0.2) is 11.6 Å². The molecular formula is C46H28N4. The molecule has 0 saturated carbocycles. The van der Waals surface area contributed by atoms with E-state index in [0.29, 0.717) is 17.6 Å². The van der Waals surface area contributed by atoms with Crippen molar-refractivity contribution in [2.24, 2.45) is 0 Å². The van der Waals surface area contributed by atoms with Gasteiger partial charge in [-0.05, 0) is 86.0 Å². The number of nitrogens with zero attached hydrogens (tertiary/aromatic N) is 4. The van der Waals surface area contributed by atoms with E-state index in [1.165, 1.54) is 60.7 Å². The average Bonchev–Trinajstić information content (AvgIpc) is 3.83. The monoisotopic (exact) mass is 636 g/mol. The Hall–Kier alpha value is -6.65. The van der Waals surface area contributed by atoms with E-state index in [-0.39, 0.29) is 0 Å². The zero-order chi connectivity index (χ0) is 32.8. The van der Waals surface area contributed by atoms with E-state index in [9.17, 15) is 0 Å². The molecule has 232 valence electrons. The summed E-state index contributed by atoms with van der Waals surface area (Å²) >= 11 is 0. The third-order valence-electron chi connectivity index (χ3n) is 10.4. The van der Waals surface area contributed by atoms with Crippen molar-refractivity contribution in [3.8, 4) is 39.9 Å². The number of hydrogen-bond donors (Lipinski definition) is 0. The molecular weight excluding hydrogens is 609 g/mol. The van der Waals surface area contributed by atoms with Gasteiger partial charge in [-0.1, -0.05) is 133 Å². The van der Waals surface area contributed by atoms with Gasteiger partial charge in [0, 0.05) is 21.9 Å². The van der Waals surface area contributed by atoms with Crippen LogP contribution in [0, 0.1) is 0 Å². The van der Waals surface area contributed by atoms with E-state index in [0.717, 1.165) is 34.0 Å². The van der Waals surface area contributed by atoms with Crippen LogP contribution in [0.3, 0.4) is 0 Å². The van der Waals surface area contributed by atoms with Crippen LogP contribution >= 0.6 is 0 Å². The molecule has 7 aromatic carbocycles. The number of aromatic nitrogens is 4. The van der Waals surface area contributed by atoms with E-state index in [2.05, 4.69) is 102 Å². The maximum absolute atomic E-state index is 5.09. The molecule has 0 spiro atoms. The molecule has 50 heavy (non-hydrogen) atoms. The molecule has 0 saturated heterocycles. The minimum Gasteiger partial charge on any atom is -0.278 e. The maximum Gasteiger partial charge on any atom is 0.238 e. The predicted octanol–water partition coefficient (Wildman–Crippen LogP) is 11.0. The number of allylic oxidation sites excluding steroid dienone is 1. The van der Waals surface area contributed by atoms with Crippen LogP contribution in [-0.2, 0) is 6.42 Å². The van der Waals surface area contributed by atoms with Crippen LogP contribution in [-0.4, -0.2) is 19.5 Å². The summed E-state index contributed by atoms with van der Waals surface area (Å²) in [5.74, 6) is 1.89. The van der Waals surface area contributed by atoms with Gasteiger partial charge < -0.3 is 0 Å². The summed E-state index contributed by atoms with van der Waals surface area (Å²) in [4.78, 5) is 15.1. The van der Waals surface area contributed by atoms with E-state index in [4.69, 9.17) is 15.0 Å². The molecule has 0 aliphatic heterocycles. The molecule has 2 aliphatic carbocycles. The second-order valence-corrected chi connectivity index (χ2v) is 13.2. The summed E-state index contributed by atoms with van der Waals surface area (Å²) < 4.78 is 2.19. The Kier molecular flexibility index (Phi) is 5.69. The molecule has 2 aromatic heterocycles. The molecule has 0 fully saturated rings. The molecule has 2 heterocycles. The summed E-state index contributed by atoms with van der Waals surface area (Å²) in [6.07, 6.45) is 0.979. The van der Waals surface area contributed by atoms with Crippen LogP contribution < -0.4 is 0 Å². The molecule has 0 unspecified atom stereocenters. The maximum atomic E-state index is 5.09. The lowest BCUT2D eigenvalue weighted by Crippen LogP contribution is -2.06. The Balaban J connectivity index is 1.08. The standard InChI is InChI=1S/C46H28N4/c1-3-11-29(12-4-1)44-47-45(30-13-5-2-6-14-30)49-46(48-44)50-40-20-8-7-17-34(40)38-26-32(23-24-41(38)50)31-21-22-33-27-39-35-18-9-15-28-16-10-19-36(42(28)35)43(39)37(33)25-31/h1-26H,27H2.